The van der Waals surface area contributed by atoms with Gasteiger partial charge in [0.25, 0.3) is 0 Å². The third-order valence-corrected chi connectivity index (χ3v) is 4.19. The van der Waals surface area contributed by atoms with Crippen molar-refractivity contribution in [3.05, 3.63) is 0 Å². The maximum Gasteiger partial charge on any atom is 0.325 e. The number of hydrogen-bond acceptors (Lipinski definition) is 4. The highest BCUT2D eigenvalue weighted by molar-refractivity contribution is 5.79. The fraction of sp³-hybridized carbons (Fsp3) is 0.933. The molecule has 0 aromatic rings. The van der Waals surface area contributed by atoms with Gasteiger partial charge in [-0.25, -0.2) is 0 Å². The van der Waals surface area contributed by atoms with E-state index in [2.05, 4.69) is 6.92 Å². The van der Waals surface area contributed by atoms with Crippen LogP contribution >= 0.6 is 0 Å². The van der Waals surface area contributed by atoms with Crippen molar-refractivity contribution < 1.29 is 14.3 Å². The van der Waals surface area contributed by atoms with Crippen LogP contribution in [-0.2, 0) is 14.3 Å². The van der Waals surface area contributed by atoms with Crippen LogP contribution in [0.5, 0.6) is 0 Å². The molecule has 0 saturated heterocycles. The number of ether oxygens (including phenoxy) is 2. The highest BCUT2D eigenvalue weighted by Gasteiger charge is 2.29. The maximum absolute atomic E-state index is 11.4. The summed E-state index contributed by atoms with van der Waals surface area (Å²) >= 11 is 0. The Labute approximate surface area is 117 Å². The summed E-state index contributed by atoms with van der Waals surface area (Å²) < 4.78 is 10.7. The minimum absolute atomic E-state index is 0.350. The van der Waals surface area contributed by atoms with Gasteiger partial charge in [-0.3, -0.25) is 4.79 Å². The average Bonchev–Trinajstić information content (AvgIpc) is 2.43. The number of rotatable bonds is 7. The molecule has 0 aromatic carbocycles. The molecule has 0 amide bonds. The molecule has 0 spiro atoms. The Hall–Kier alpha value is -0.610. The van der Waals surface area contributed by atoms with Gasteiger partial charge >= 0.3 is 5.97 Å². The number of hydrogen-bond donors (Lipinski definition) is 1. The predicted octanol–water partition coefficient (Wildman–Crippen LogP) is 2.64. The van der Waals surface area contributed by atoms with Crippen LogP contribution in [0.15, 0.2) is 0 Å². The molecule has 4 heteroatoms. The van der Waals surface area contributed by atoms with E-state index in [9.17, 15) is 4.79 Å². The molecule has 1 fully saturated rings. The topological polar surface area (TPSA) is 61.5 Å². The Bertz CT molecular complexity index is 279. The van der Waals surface area contributed by atoms with Gasteiger partial charge in [0.05, 0.1) is 13.2 Å². The standard InChI is InChI=1S/C15H29NO3/c1-4-12-8-5-6-9-13(12)19-11-7-10-15(2,16)14(17)18-3/h12-13H,4-11,16H2,1-3H3. The van der Waals surface area contributed by atoms with Crippen molar-refractivity contribution in [3.63, 3.8) is 0 Å². The van der Waals surface area contributed by atoms with Crippen LogP contribution in [0.1, 0.15) is 58.8 Å². The first-order valence-corrected chi connectivity index (χ1v) is 7.50. The van der Waals surface area contributed by atoms with Crippen LogP contribution in [0, 0.1) is 5.92 Å². The first kappa shape index (κ1) is 16.4. The molecule has 0 heterocycles. The molecule has 1 rings (SSSR count). The minimum atomic E-state index is -0.894. The molecule has 3 atom stereocenters. The highest BCUT2D eigenvalue weighted by Crippen LogP contribution is 2.29. The SMILES string of the molecule is CCC1CCCCC1OCCCC(C)(N)C(=O)OC. The fourth-order valence-electron chi connectivity index (χ4n) is 2.87. The molecule has 0 bridgehead atoms. The Morgan fingerprint density at radius 1 is 1.37 bits per heavy atom. The van der Waals surface area contributed by atoms with Crippen LogP contribution in [-0.4, -0.2) is 31.3 Å². The average molecular weight is 271 g/mol. The number of esters is 1. The number of carbonyl (C=O) groups excluding carboxylic acids is 1. The summed E-state index contributed by atoms with van der Waals surface area (Å²) in [6, 6.07) is 0. The van der Waals surface area contributed by atoms with Crippen LogP contribution in [0.25, 0.3) is 0 Å². The third-order valence-electron chi connectivity index (χ3n) is 4.19. The summed E-state index contributed by atoms with van der Waals surface area (Å²) in [5.74, 6) is 0.357. The molecule has 112 valence electrons. The Morgan fingerprint density at radius 2 is 2.05 bits per heavy atom. The van der Waals surface area contributed by atoms with Gasteiger partial charge in [-0.1, -0.05) is 26.2 Å². The summed E-state index contributed by atoms with van der Waals surface area (Å²) in [7, 11) is 1.37. The summed E-state index contributed by atoms with van der Waals surface area (Å²) in [5.41, 5.74) is 5.02. The molecule has 0 radical (unpaired) electrons. The number of carbonyl (C=O) groups is 1. The zero-order valence-corrected chi connectivity index (χ0v) is 12.6. The molecular weight excluding hydrogens is 242 g/mol. The molecule has 0 aromatic heterocycles. The molecule has 4 nitrogen and oxygen atoms in total. The lowest BCUT2D eigenvalue weighted by Crippen LogP contribution is -2.45. The van der Waals surface area contributed by atoms with E-state index in [1.807, 2.05) is 0 Å². The number of methoxy groups -OCH3 is 1. The van der Waals surface area contributed by atoms with Crippen molar-refractivity contribution in [3.8, 4) is 0 Å². The second kappa shape index (κ2) is 7.85. The highest BCUT2D eigenvalue weighted by atomic mass is 16.5. The van der Waals surface area contributed by atoms with E-state index in [0.717, 1.165) is 6.42 Å². The van der Waals surface area contributed by atoms with Gasteiger partial charge in [0.15, 0.2) is 0 Å². The Kier molecular flexibility index (Phi) is 6.80. The number of nitrogens with two attached hydrogens (primary N) is 1. The molecule has 1 aliphatic rings. The van der Waals surface area contributed by atoms with Crippen LogP contribution in [0.4, 0.5) is 0 Å². The van der Waals surface area contributed by atoms with Gasteiger partial charge in [-0.15, -0.1) is 0 Å². The molecule has 1 aliphatic carbocycles. The van der Waals surface area contributed by atoms with Crippen LogP contribution in [0.2, 0.25) is 0 Å². The van der Waals surface area contributed by atoms with E-state index in [-0.39, 0.29) is 5.97 Å². The quantitative estimate of drug-likeness (QED) is 0.571. The molecule has 2 N–H and O–H groups in total. The first-order chi connectivity index (χ1) is 9.01. The van der Waals surface area contributed by atoms with Gasteiger partial charge in [-0.2, -0.15) is 0 Å². The zero-order chi connectivity index (χ0) is 14.3. The Balaban J connectivity index is 2.24. The molecule has 0 aliphatic heterocycles. The summed E-state index contributed by atoms with van der Waals surface area (Å²) in [6.07, 6.45) is 8.08. The van der Waals surface area contributed by atoms with Crippen molar-refractivity contribution in [2.75, 3.05) is 13.7 Å². The van der Waals surface area contributed by atoms with E-state index < -0.39 is 5.54 Å². The Morgan fingerprint density at radius 3 is 2.68 bits per heavy atom. The minimum Gasteiger partial charge on any atom is -0.468 e. The van der Waals surface area contributed by atoms with Crippen molar-refractivity contribution in [2.45, 2.75) is 70.4 Å². The van der Waals surface area contributed by atoms with Crippen molar-refractivity contribution in [1.29, 1.82) is 0 Å². The van der Waals surface area contributed by atoms with E-state index in [1.54, 1.807) is 6.92 Å². The van der Waals surface area contributed by atoms with Gasteiger partial charge in [0.1, 0.15) is 5.54 Å². The summed E-state index contributed by atoms with van der Waals surface area (Å²) in [4.78, 5) is 11.4. The summed E-state index contributed by atoms with van der Waals surface area (Å²) in [6.45, 7) is 4.64. The van der Waals surface area contributed by atoms with E-state index in [1.165, 1.54) is 39.2 Å². The largest absolute Gasteiger partial charge is 0.468 e. The van der Waals surface area contributed by atoms with E-state index >= 15 is 0 Å². The second-order valence-electron chi connectivity index (χ2n) is 5.87. The monoisotopic (exact) mass is 271 g/mol. The molecule has 3 unspecified atom stereocenters. The van der Waals surface area contributed by atoms with Gasteiger partial charge in [0, 0.05) is 6.61 Å². The zero-order valence-electron chi connectivity index (χ0n) is 12.6. The lowest BCUT2D eigenvalue weighted by molar-refractivity contribution is -0.146. The van der Waals surface area contributed by atoms with Gasteiger partial charge < -0.3 is 15.2 Å². The fourth-order valence-corrected chi connectivity index (χ4v) is 2.87. The van der Waals surface area contributed by atoms with E-state index in [4.69, 9.17) is 15.2 Å². The van der Waals surface area contributed by atoms with Gasteiger partial charge in [-0.05, 0) is 38.5 Å². The predicted molar refractivity (Wildman–Crippen MR) is 75.8 cm³/mol. The van der Waals surface area contributed by atoms with Crippen LogP contribution in [0.3, 0.4) is 0 Å². The van der Waals surface area contributed by atoms with Crippen molar-refractivity contribution >= 4 is 5.97 Å². The van der Waals surface area contributed by atoms with Gasteiger partial charge in [0.2, 0.25) is 0 Å². The normalized spacial score (nSPS) is 26.7. The maximum atomic E-state index is 11.4. The lowest BCUT2D eigenvalue weighted by atomic mass is 9.85. The molecular formula is C15H29NO3. The second-order valence-corrected chi connectivity index (χ2v) is 5.87. The van der Waals surface area contributed by atoms with Crippen LogP contribution < -0.4 is 5.73 Å². The summed E-state index contributed by atoms with van der Waals surface area (Å²) in [5, 5.41) is 0. The molecule has 19 heavy (non-hydrogen) atoms. The van der Waals surface area contributed by atoms with E-state index in [0.29, 0.717) is 25.0 Å². The lowest BCUT2D eigenvalue weighted by Gasteiger charge is -2.31. The van der Waals surface area contributed by atoms with Crippen molar-refractivity contribution in [1.82, 2.24) is 0 Å². The first-order valence-electron chi connectivity index (χ1n) is 7.50. The third kappa shape index (κ3) is 5.11. The smallest absolute Gasteiger partial charge is 0.325 e. The molecule has 1 saturated carbocycles. The van der Waals surface area contributed by atoms with Crippen molar-refractivity contribution in [2.24, 2.45) is 11.7 Å².